The van der Waals surface area contributed by atoms with E-state index in [9.17, 15) is 0 Å². The lowest BCUT2D eigenvalue weighted by atomic mass is 10.2. The average molecular weight is 232 g/mol. The average Bonchev–Trinajstić information content (AvgIpc) is 2.26. The molecular weight excluding hydrogens is 218 g/mol. The van der Waals surface area contributed by atoms with Crippen LogP contribution in [0.4, 0.5) is 0 Å². The topological polar surface area (TPSA) is 39.7 Å². The Morgan fingerprint density at radius 1 is 1.20 bits per heavy atom. The summed E-state index contributed by atoms with van der Waals surface area (Å²) in [5, 5.41) is 0.547. The van der Waals surface area contributed by atoms with Crippen LogP contribution in [0.15, 0.2) is 12.1 Å². The minimum atomic E-state index is 0.462. The summed E-state index contributed by atoms with van der Waals surface area (Å²) in [6.45, 7) is 0.462. The third-order valence-electron chi connectivity index (χ3n) is 1.99. The van der Waals surface area contributed by atoms with Gasteiger partial charge in [-0.05, 0) is 12.1 Å². The normalized spacial score (nSPS) is 10.1. The number of methoxy groups -OCH3 is 2. The van der Waals surface area contributed by atoms with Crippen LogP contribution in [-0.2, 0) is 11.4 Å². The van der Waals surface area contributed by atoms with Crippen molar-refractivity contribution in [3.8, 4) is 11.5 Å². The van der Waals surface area contributed by atoms with Gasteiger partial charge in [0.1, 0.15) is 11.5 Å². The molecule has 0 fully saturated rings. The first-order chi connectivity index (χ1) is 7.24. The number of nitrogens with one attached hydrogen (secondary N) is 1. The highest BCUT2D eigenvalue weighted by Gasteiger charge is 2.13. The zero-order valence-corrected chi connectivity index (χ0v) is 9.72. The monoisotopic (exact) mass is 231 g/mol. The van der Waals surface area contributed by atoms with Crippen molar-refractivity contribution >= 4 is 11.6 Å². The summed E-state index contributed by atoms with van der Waals surface area (Å²) in [7, 11) is 4.71. The molecule has 0 unspecified atom stereocenters. The number of halogens is 1. The van der Waals surface area contributed by atoms with Gasteiger partial charge in [0.25, 0.3) is 0 Å². The highest BCUT2D eigenvalue weighted by molar-refractivity contribution is 6.32. The van der Waals surface area contributed by atoms with Crippen molar-refractivity contribution in [2.45, 2.75) is 6.54 Å². The number of rotatable bonds is 5. The fraction of sp³-hybridized carbons (Fsp3) is 0.400. The molecule has 0 atom stereocenters. The van der Waals surface area contributed by atoms with Crippen molar-refractivity contribution in [3.05, 3.63) is 22.7 Å². The van der Waals surface area contributed by atoms with E-state index < -0.39 is 0 Å². The molecule has 15 heavy (non-hydrogen) atoms. The first-order valence-corrected chi connectivity index (χ1v) is 4.77. The Labute approximate surface area is 94.0 Å². The smallest absolute Gasteiger partial charge is 0.145 e. The summed E-state index contributed by atoms with van der Waals surface area (Å²) >= 11 is 5.99. The second kappa shape index (κ2) is 5.80. The third-order valence-corrected chi connectivity index (χ3v) is 2.28. The van der Waals surface area contributed by atoms with Gasteiger partial charge < -0.3 is 14.3 Å². The molecule has 1 N–H and O–H groups in total. The Morgan fingerprint density at radius 3 is 2.47 bits per heavy atom. The highest BCUT2D eigenvalue weighted by Crippen LogP contribution is 2.35. The van der Waals surface area contributed by atoms with Gasteiger partial charge in [0.15, 0.2) is 0 Å². The van der Waals surface area contributed by atoms with E-state index in [1.165, 1.54) is 0 Å². The van der Waals surface area contributed by atoms with Crippen LogP contribution in [0.3, 0.4) is 0 Å². The third kappa shape index (κ3) is 2.75. The van der Waals surface area contributed by atoms with E-state index in [-0.39, 0.29) is 0 Å². The first kappa shape index (κ1) is 12.1. The molecule has 0 radical (unpaired) electrons. The quantitative estimate of drug-likeness (QED) is 0.787. The predicted molar refractivity (Wildman–Crippen MR) is 58.4 cm³/mol. The Morgan fingerprint density at radius 2 is 1.93 bits per heavy atom. The van der Waals surface area contributed by atoms with Gasteiger partial charge in [-0.25, -0.2) is 0 Å². The molecule has 4 nitrogen and oxygen atoms in total. The molecule has 1 aromatic carbocycles. The Kier molecular flexibility index (Phi) is 4.68. The number of ether oxygens (including phenoxy) is 2. The number of hydrogen-bond donors (Lipinski definition) is 1. The van der Waals surface area contributed by atoms with Gasteiger partial charge in [-0.15, -0.1) is 0 Å². The van der Waals surface area contributed by atoms with Crippen molar-refractivity contribution in [2.24, 2.45) is 0 Å². The van der Waals surface area contributed by atoms with Crippen molar-refractivity contribution < 1.29 is 14.3 Å². The van der Waals surface area contributed by atoms with Crippen molar-refractivity contribution in [2.75, 3.05) is 21.3 Å². The van der Waals surface area contributed by atoms with E-state index in [1.54, 1.807) is 33.5 Å². The van der Waals surface area contributed by atoms with E-state index >= 15 is 0 Å². The van der Waals surface area contributed by atoms with Crippen molar-refractivity contribution in [1.29, 1.82) is 0 Å². The summed E-state index contributed by atoms with van der Waals surface area (Å²) < 4.78 is 10.4. The Hall–Kier alpha value is -0.970. The minimum absolute atomic E-state index is 0.462. The summed E-state index contributed by atoms with van der Waals surface area (Å²) in [4.78, 5) is 4.78. The van der Waals surface area contributed by atoms with Crippen molar-refractivity contribution in [1.82, 2.24) is 5.48 Å². The molecule has 84 valence electrons. The molecule has 0 spiro atoms. The summed E-state index contributed by atoms with van der Waals surface area (Å²) in [6, 6.07) is 3.52. The van der Waals surface area contributed by atoms with Gasteiger partial charge in [-0.1, -0.05) is 11.6 Å². The molecule has 0 heterocycles. The van der Waals surface area contributed by atoms with Crippen LogP contribution in [0.1, 0.15) is 5.56 Å². The van der Waals surface area contributed by atoms with Crippen molar-refractivity contribution in [3.63, 3.8) is 0 Å². The van der Waals surface area contributed by atoms with Gasteiger partial charge in [0.2, 0.25) is 0 Å². The standard InChI is InChI=1S/C10H14ClNO3/c1-13-9-5-4-8(11)10(14-2)7(9)6-12-15-3/h4-5,12H,6H2,1-3H3. The van der Waals surface area contributed by atoms with Crippen LogP contribution in [0, 0.1) is 0 Å². The predicted octanol–water partition coefficient (Wildman–Crippen LogP) is 2.01. The van der Waals surface area contributed by atoms with Crippen LogP contribution in [0.5, 0.6) is 11.5 Å². The van der Waals surface area contributed by atoms with E-state index in [1.807, 2.05) is 0 Å². The van der Waals surface area contributed by atoms with Crippen LogP contribution < -0.4 is 15.0 Å². The first-order valence-electron chi connectivity index (χ1n) is 4.39. The molecular formula is C10H14ClNO3. The van der Waals surface area contributed by atoms with E-state index in [2.05, 4.69) is 5.48 Å². The molecule has 0 saturated carbocycles. The lowest BCUT2D eigenvalue weighted by Crippen LogP contribution is -2.12. The fourth-order valence-electron chi connectivity index (χ4n) is 1.30. The summed E-state index contributed by atoms with van der Waals surface area (Å²) in [5.41, 5.74) is 3.55. The Balaban J connectivity index is 3.09. The zero-order chi connectivity index (χ0) is 11.3. The molecule has 0 aliphatic rings. The van der Waals surface area contributed by atoms with Gasteiger partial charge in [0, 0.05) is 0 Å². The fourth-order valence-corrected chi connectivity index (χ4v) is 1.56. The van der Waals surface area contributed by atoms with Gasteiger partial charge in [-0.3, -0.25) is 0 Å². The van der Waals surface area contributed by atoms with Gasteiger partial charge in [-0.2, -0.15) is 5.48 Å². The second-order valence-electron chi connectivity index (χ2n) is 2.79. The molecule has 5 heteroatoms. The molecule has 0 aliphatic carbocycles. The molecule has 0 bridgehead atoms. The summed E-state index contributed by atoms with van der Waals surface area (Å²) in [6.07, 6.45) is 0. The lowest BCUT2D eigenvalue weighted by molar-refractivity contribution is 0.0855. The molecule has 0 amide bonds. The maximum absolute atomic E-state index is 5.99. The highest BCUT2D eigenvalue weighted by atomic mass is 35.5. The van der Waals surface area contributed by atoms with Crippen LogP contribution in [0.2, 0.25) is 5.02 Å². The van der Waals surface area contributed by atoms with E-state index in [0.29, 0.717) is 23.1 Å². The van der Waals surface area contributed by atoms with Gasteiger partial charge >= 0.3 is 0 Å². The maximum atomic E-state index is 5.99. The molecule has 1 rings (SSSR count). The largest absolute Gasteiger partial charge is 0.496 e. The second-order valence-corrected chi connectivity index (χ2v) is 3.19. The number of benzene rings is 1. The summed E-state index contributed by atoms with van der Waals surface area (Å²) in [5.74, 6) is 1.31. The Bertz CT molecular complexity index is 331. The van der Waals surface area contributed by atoms with Crippen LogP contribution in [-0.4, -0.2) is 21.3 Å². The maximum Gasteiger partial charge on any atom is 0.145 e. The van der Waals surface area contributed by atoms with E-state index in [4.69, 9.17) is 25.9 Å². The number of hydroxylamine groups is 1. The SMILES string of the molecule is CONCc1c(OC)ccc(Cl)c1OC. The molecule has 0 saturated heterocycles. The molecule has 0 aromatic heterocycles. The van der Waals surface area contributed by atoms with Crippen LogP contribution >= 0.6 is 11.6 Å². The van der Waals surface area contributed by atoms with E-state index in [0.717, 1.165) is 5.56 Å². The minimum Gasteiger partial charge on any atom is -0.496 e. The zero-order valence-electron chi connectivity index (χ0n) is 8.96. The molecule has 1 aromatic rings. The van der Waals surface area contributed by atoms with Crippen LogP contribution in [0.25, 0.3) is 0 Å². The number of hydrogen-bond acceptors (Lipinski definition) is 4. The lowest BCUT2D eigenvalue weighted by Gasteiger charge is -2.14. The van der Waals surface area contributed by atoms with Gasteiger partial charge in [0.05, 0.1) is 38.5 Å². The molecule has 0 aliphatic heterocycles.